The Balaban J connectivity index is 2.58. The highest BCUT2D eigenvalue weighted by atomic mass is 16.4. The molecular formula is C14H27N3O3. The molecule has 1 heterocycles. The van der Waals surface area contributed by atoms with Crippen LogP contribution in [0, 0.1) is 5.92 Å². The number of rotatable bonds is 5. The number of nitrogens with one attached hydrogen (secondary N) is 2. The molecule has 0 aliphatic carbocycles. The Labute approximate surface area is 120 Å². The molecule has 4 unspecified atom stereocenters. The highest BCUT2D eigenvalue weighted by Crippen LogP contribution is 2.20. The van der Waals surface area contributed by atoms with E-state index in [1.165, 1.54) is 0 Å². The molecule has 0 aromatic rings. The molecular weight excluding hydrogens is 258 g/mol. The molecule has 0 radical (unpaired) electrons. The second-order valence-electron chi connectivity index (χ2n) is 5.82. The number of carboxylic acids is 1. The third kappa shape index (κ3) is 4.37. The first-order valence-electron chi connectivity index (χ1n) is 7.45. The van der Waals surface area contributed by atoms with Gasteiger partial charge in [0.2, 0.25) is 0 Å². The summed E-state index contributed by atoms with van der Waals surface area (Å²) < 4.78 is 0. The van der Waals surface area contributed by atoms with Crippen LogP contribution in [-0.2, 0) is 4.79 Å². The van der Waals surface area contributed by atoms with Crippen LogP contribution in [-0.4, -0.2) is 40.2 Å². The van der Waals surface area contributed by atoms with Crippen molar-refractivity contribution in [3.63, 3.8) is 0 Å². The van der Waals surface area contributed by atoms with Crippen LogP contribution in [0.3, 0.4) is 0 Å². The van der Waals surface area contributed by atoms with E-state index in [1.54, 1.807) is 0 Å². The molecule has 0 bridgehead atoms. The van der Waals surface area contributed by atoms with Crippen molar-refractivity contribution >= 4 is 12.0 Å². The zero-order valence-electron chi connectivity index (χ0n) is 12.8. The van der Waals surface area contributed by atoms with E-state index in [0.717, 1.165) is 19.3 Å². The van der Waals surface area contributed by atoms with Crippen LogP contribution in [0.15, 0.2) is 0 Å². The van der Waals surface area contributed by atoms with E-state index in [-0.39, 0.29) is 18.0 Å². The number of hydrazine groups is 1. The van der Waals surface area contributed by atoms with Crippen LogP contribution in [0.25, 0.3) is 0 Å². The van der Waals surface area contributed by atoms with Crippen molar-refractivity contribution in [1.82, 2.24) is 15.8 Å². The first kappa shape index (κ1) is 16.8. The number of amides is 2. The van der Waals surface area contributed by atoms with Crippen LogP contribution in [0.1, 0.15) is 53.4 Å². The number of carbonyl (C=O) groups is 2. The maximum Gasteiger partial charge on any atom is 0.330 e. The maximum atomic E-state index is 12.0. The molecule has 116 valence electrons. The lowest BCUT2D eigenvalue weighted by Crippen LogP contribution is -2.59. The Morgan fingerprint density at radius 2 is 1.85 bits per heavy atom. The standard InChI is InChI=1S/C14H27N3O3/c1-5-9(2)12(13(18)19)15-14(20)16-17-10(3)7-6-8-11(17)4/h9-12H,5-8H2,1-4H3,(H,18,19)(H2,15,16,20). The Morgan fingerprint density at radius 1 is 1.30 bits per heavy atom. The van der Waals surface area contributed by atoms with E-state index in [4.69, 9.17) is 0 Å². The highest BCUT2D eigenvalue weighted by Gasteiger charge is 2.29. The molecule has 4 atom stereocenters. The summed E-state index contributed by atoms with van der Waals surface area (Å²) in [5.74, 6) is -1.09. The molecule has 0 saturated carbocycles. The van der Waals surface area contributed by atoms with Crippen molar-refractivity contribution < 1.29 is 14.7 Å². The summed E-state index contributed by atoms with van der Waals surface area (Å²) in [7, 11) is 0. The second kappa shape index (κ2) is 7.47. The summed E-state index contributed by atoms with van der Waals surface area (Å²) in [5, 5.41) is 13.7. The lowest BCUT2D eigenvalue weighted by atomic mass is 9.99. The minimum atomic E-state index is -0.991. The summed E-state index contributed by atoms with van der Waals surface area (Å²) in [5.41, 5.74) is 2.80. The number of carbonyl (C=O) groups excluding carboxylic acids is 1. The Morgan fingerprint density at radius 3 is 2.30 bits per heavy atom. The van der Waals surface area contributed by atoms with Crippen LogP contribution in [0.5, 0.6) is 0 Å². The normalized spacial score (nSPS) is 26.6. The van der Waals surface area contributed by atoms with Crippen molar-refractivity contribution in [1.29, 1.82) is 0 Å². The molecule has 3 N–H and O–H groups in total. The van der Waals surface area contributed by atoms with Gasteiger partial charge in [-0.05, 0) is 32.6 Å². The van der Waals surface area contributed by atoms with Gasteiger partial charge in [-0.3, -0.25) is 5.43 Å². The maximum absolute atomic E-state index is 12.0. The average molecular weight is 285 g/mol. The topological polar surface area (TPSA) is 81.7 Å². The molecule has 6 nitrogen and oxygen atoms in total. The fourth-order valence-electron chi connectivity index (χ4n) is 2.62. The van der Waals surface area contributed by atoms with Gasteiger partial charge in [-0.15, -0.1) is 0 Å². The van der Waals surface area contributed by atoms with Gasteiger partial charge in [0.25, 0.3) is 0 Å². The fraction of sp³-hybridized carbons (Fsp3) is 0.857. The van der Waals surface area contributed by atoms with Gasteiger partial charge in [-0.1, -0.05) is 26.7 Å². The summed E-state index contributed by atoms with van der Waals surface area (Å²) in [6.07, 6.45) is 3.94. The molecule has 0 aromatic heterocycles. The number of piperidine rings is 1. The Kier molecular flexibility index (Phi) is 6.26. The molecule has 20 heavy (non-hydrogen) atoms. The molecule has 1 saturated heterocycles. The largest absolute Gasteiger partial charge is 0.480 e. The van der Waals surface area contributed by atoms with E-state index >= 15 is 0 Å². The third-order valence-corrected chi connectivity index (χ3v) is 4.19. The van der Waals surface area contributed by atoms with Gasteiger partial charge in [0.1, 0.15) is 6.04 Å². The van der Waals surface area contributed by atoms with Crippen LogP contribution in [0.2, 0.25) is 0 Å². The van der Waals surface area contributed by atoms with E-state index in [0.29, 0.717) is 6.42 Å². The van der Waals surface area contributed by atoms with E-state index < -0.39 is 18.0 Å². The van der Waals surface area contributed by atoms with Gasteiger partial charge < -0.3 is 10.4 Å². The molecule has 1 rings (SSSR count). The summed E-state index contributed by atoms with van der Waals surface area (Å²) in [4.78, 5) is 23.2. The zero-order chi connectivity index (χ0) is 15.3. The highest BCUT2D eigenvalue weighted by molar-refractivity contribution is 5.82. The van der Waals surface area contributed by atoms with Gasteiger partial charge in [-0.2, -0.15) is 0 Å². The molecule has 1 fully saturated rings. The van der Waals surface area contributed by atoms with E-state index in [1.807, 2.05) is 18.9 Å². The van der Waals surface area contributed by atoms with E-state index in [9.17, 15) is 14.7 Å². The van der Waals surface area contributed by atoms with Gasteiger partial charge in [0.15, 0.2) is 0 Å². The first-order chi connectivity index (χ1) is 9.36. The Bertz CT molecular complexity index is 339. The Hall–Kier alpha value is -1.30. The molecule has 1 aliphatic heterocycles. The molecule has 1 aliphatic rings. The number of nitrogens with zero attached hydrogens (tertiary/aromatic N) is 1. The molecule has 2 amide bonds. The molecule has 0 spiro atoms. The van der Waals surface area contributed by atoms with Gasteiger partial charge in [-0.25, -0.2) is 14.6 Å². The van der Waals surface area contributed by atoms with Gasteiger partial charge >= 0.3 is 12.0 Å². The average Bonchev–Trinajstić information content (AvgIpc) is 2.39. The van der Waals surface area contributed by atoms with Crippen molar-refractivity contribution in [2.24, 2.45) is 5.92 Å². The van der Waals surface area contributed by atoms with Crippen molar-refractivity contribution in [2.45, 2.75) is 71.5 Å². The fourth-order valence-corrected chi connectivity index (χ4v) is 2.62. The first-order valence-corrected chi connectivity index (χ1v) is 7.45. The summed E-state index contributed by atoms with van der Waals surface area (Å²) in [6, 6.07) is -0.735. The van der Waals surface area contributed by atoms with E-state index in [2.05, 4.69) is 24.6 Å². The predicted octanol–water partition coefficient (Wildman–Crippen LogP) is 1.96. The van der Waals surface area contributed by atoms with Crippen LogP contribution >= 0.6 is 0 Å². The SMILES string of the molecule is CCC(C)C(NC(=O)NN1C(C)CCCC1C)C(=O)O. The summed E-state index contributed by atoms with van der Waals surface area (Å²) in [6.45, 7) is 7.87. The smallest absolute Gasteiger partial charge is 0.330 e. The lowest BCUT2D eigenvalue weighted by Gasteiger charge is -2.39. The van der Waals surface area contributed by atoms with Crippen molar-refractivity contribution in [2.75, 3.05) is 0 Å². The third-order valence-electron chi connectivity index (χ3n) is 4.19. The molecule has 6 heteroatoms. The number of urea groups is 1. The van der Waals surface area contributed by atoms with Gasteiger partial charge in [0, 0.05) is 12.1 Å². The van der Waals surface area contributed by atoms with Crippen molar-refractivity contribution in [3.8, 4) is 0 Å². The predicted molar refractivity (Wildman–Crippen MR) is 77.2 cm³/mol. The van der Waals surface area contributed by atoms with Crippen LogP contribution < -0.4 is 10.7 Å². The monoisotopic (exact) mass is 285 g/mol. The lowest BCUT2D eigenvalue weighted by molar-refractivity contribution is -0.140. The van der Waals surface area contributed by atoms with Gasteiger partial charge in [0.05, 0.1) is 0 Å². The number of carboxylic acid groups (broad SMARTS) is 1. The quantitative estimate of drug-likeness (QED) is 0.721. The number of hydrogen-bond donors (Lipinski definition) is 3. The summed E-state index contributed by atoms with van der Waals surface area (Å²) >= 11 is 0. The number of aliphatic carboxylic acids is 1. The zero-order valence-corrected chi connectivity index (χ0v) is 12.8. The molecule has 0 aromatic carbocycles. The second-order valence-corrected chi connectivity index (χ2v) is 5.82. The van der Waals surface area contributed by atoms with Crippen LogP contribution in [0.4, 0.5) is 4.79 Å². The number of hydrogen-bond acceptors (Lipinski definition) is 3. The minimum absolute atomic E-state index is 0.102. The van der Waals surface area contributed by atoms with Crippen molar-refractivity contribution in [3.05, 3.63) is 0 Å². The minimum Gasteiger partial charge on any atom is -0.480 e.